The van der Waals surface area contributed by atoms with Crippen molar-refractivity contribution >= 4 is 21.8 Å². The fourth-order valence-electron chi connectivity index (χ4n) is 1.69. The smallest absolute Gasteiger partial charge is 0.219 e. The highest BCUT2D eigenvalue weighted by Gasteiger charge is 2.33. The van der Waals surface area contributed by atoms with Crippen molar-refractivity contribution in [1.82, 2.24) is 4.31 Å². The predicted molar refractivity (Wildman–Crippen MR) is 63.6 cm³/mol. The zero-order valence-corrected chi connectivity index (χ0v) is 11.0. The van der Waals surface area contributed by atoms with E-state index in [1.54, 1.807) is 6.92 Å². The van der Waals surface area contributed by atoms with Crippen LogP contribution in [0.5, 0.6) is 0 Å². The molecule has 1 aliphatic heterocycles. The summed E-state index contributed by atoms with van der Waals surface area (Å²) in [6, 6.07) is 0. The summed E-state index contributed by atoms with van der Waals surface area (Å²) in [5.41, 5.74) is 0. The van der Waals surface area contributed by atoms with E-state index in [1.807, 2.05) is 25.6 Å². The molecule has 0 aromatic carbocycles. The molecule has 4 nitrogen and oxygen atoms in total. The quantitative estimate of drug-likeness (QED) is 0.797. The van der Waals surface area contributed by atoms with Crippen molar-refractivity contribution in [3.63, 3.8) is 0 Å². The van der Waals surface area contributed by atoms with E-state index in [0.29, 0.717) is 23.6 Å². The van der Waals surface area contributed by atoms with E-state index in [1.165, 1.54) is 4.31 Å². The monoisotopic (exact) mass is 253 g/mol. The first-order valence-electron chi connectivity index (χ1n) is 5.13. The molecule has 3 unspecified atom stereocenters. The summed E-state index contributed by atoms with van der Waals surface area (Å²) in [7, 11) is -3.31. The van der Waals surface area contributed by atoms with Crippen LogP contribution in [0.15, 0.2) is 0 Å². The van der Waals surface area contributed by atoms with E-state index in [9.17, 15) is 8.42 Å². The molecule has 1 saturated heterocycles. The first-order chi connectivity index (χ1) is 6.87. The van der Waals surface area contributed by atoms with Crippen LogP contribution in [0.1, 0.15) is 20.8 Å². The van der Waals surface area contributed by atoms with E-state index in [4.69, 9.17) is 5.11 Å². The van der Waals surface area contributed by atoms with Crippen LogP contribution in [0.25, 0.3) is 0 Å². The molecule has 0 spiro atoms. The van der Waals surface area contributed by atoms with Crippen LogP contribution in [0.2, 0.25) is 0 Å². The lowest BCUT2D eigenvalue weighted by Crippen LogP contribution is -2.47. The molecule has 0 amide bonds. The Morgan fingerprint density at radius 1 is 1.40 bits per heavy atom. The van der Waals surface area contributed by atoms with Gasteiger partial charge in [-0.2, -0.15) is 16.1 Å². The zero-order valence-electron chi connectivity index (χ0n) is 9.38. The molecule has 1 N–H and O–H groups in total. The van der Waals surface area contributed by atoms with Gasteiger partial charge in [-0.25, -0.2) is 8.42 Å². The highest BCUT2D eigenvalue weighted by atomic mass is 32.2. The Morgan fingerprint density at radius 2 is 1.87 bits per heavy atom. The second kappa shape index (κ2) is 5.03. The highest BCUT2D eigenvalue weighted by molar-refractivity contribution is 8.00. The maximum Gasteiger partial charge on any atom is 0.219 e. The lowest BCUT2D eigenvalue weighted by Gasteiger charge is -2.34. The standard InChI is InChI=1S/C9H19NO3S2/c1-7-4-10(5-8(2)14-7)15(12,13)9(3)6-11/h7-9,11H,4-6H2,1-3H3. The van der Waals surface area contributed by atoms with Gasteiger partial charge in [-0.05, 0) is 6.92 Å². The summed E-state index contributed by atoms with van der Waals surface area (Å²) in [6.07, 6.45) is 0. The van der Waals surface area contributed by atoms with Gasteiger partial charge in [0.2, 0.25) is 10.0 Å². The minimum absolute atomic E-state index is 0.311. The van der Waals surface area contributed by atoms with Gasteiger partial charge in [-0.15, -0.1) is 0 Å². The molecular weight excluding hydrogens is 234 g/mol. The van der Waals surface area contributed by atoms with Gasteiger partial charge in [0.05, 0.1) is 11.9 Å². The van der Waals surface area contributed by atoms with Crippen molar-refractivity contribution in [2.24, 2.45) is 0 Å². The molecular formula is C9H19NO3S2. The largest absolute Gasteiger partial charge is 0.395 e. The van der Waals surface area contributed by atoms with Crippen molar-refractivity contribution in [1.29, 1.82) is 0 Å². The first-order valence-corrected chi connectivity index (χ1v) is 7.57. The Bertz CT molecular complexity index is 294. The number of nitrogens with zero attached hydrogens (tertiary/aromatic N) is 1. The minimum atomic E-state index is -3.31. The van der Waals surface area contributed by atoms with Gasteiger partial charge in [-0.3, -0.25) is 0 Å². The van der Waals surface area contributed by atoms with Crippen LogP contribution in [0.3, 0.4) is 0 Å². The second-order valence-electron chi connectivity index (χ2n) is 4.11. The van der Waals surface area contributed by atoms with Crippen LogP contribution in [-0.2, 0) is 10.0 Å². The third-order valence-electron chi connectivity index (χ3n) is 2.51. The fourth-order valence-corrected chi connectivity index (χ4v) is 4.76. The molecule has 1 rings (SSSR count). The third kappa shape index (κ3) is 3.09. The van der Waals surface area contributed by atoms with Crippen LogP contribution >= 0.6 is 11.8 Å². The van der Waals surface area contributed by atoms with E-state index in [-0.39, 0.29) is 6.61 Å². The van der Waals surface area contributed by atoms with Crippen molar-refractivity contribution in [3.8, 4) is 0 Å². The summed E-state index contributed by atoms with van der Waals surface area (Å²) < 4.78 is 25.4. The molecule has 0 aromatic rings. The summed E-state index contributed by atoms with van der Waals surface area (Å²) in [6.45, 7) is 6.42. The van der Waals surface area contributed by atoms with Gasteiger partial charge in [-0.1, -0.05) is 13.8 Å². The summed E-state index contributed by atoms with van der Waals surface area (Å²) >= 11 is 1.81. The fraction of sp³-hybridized carbons (Fsp3) is 1.00. The van der Waals surface area contributed by atoms with Crippen molar-refractivity contribution in [2.45, 2.75) is 36.5 Å². The van der Waals surface area contributed by atoms with Gasteiger partial charge in [0.15, 0.2) is 0 Å². The Morgan fingerprint density at radius 3 is 2.27 bits per heavy atom. The molecule has 1 heterocycles. The normalized spacial score (nSPS) is 31.5. The van der Waals surface area contributed by atoms with Crippen molar-refractivity contribution in [2.75, 3.05) is 19.7 Å². The van der Waals surface area contributed by atoms with Gasteiger partial charge >= 0.3 is 0 Å². The molecule has 3 atom stereocenters. The predicted octanol–water partition coefficient (Wildman–Crippen LogP) is 0.523. The van der Waals surface area contributed by atoms with Crippen molar-refractivity contribution < 1.29 is 13.5 Å². The maximum atomic E-state index is 12.0. The van der Waals surface area contributed by atoms with E-state index < -0.39 is 15.3 Å². The van der Waals surface area contributed by atoms with Gasteiger partial charge in [0.1, 0.15) is 0 Å². The van der Waals surface area contributed by atoms with Crippen LogP contribution in [-0.4, -0.2) is 53.3 Å². The molecule has 1 aliphatic rings. The number of hydrogen-bond donors (Lipinski definition) is 1. The van der Waals surface area contributed by atoms with E-state index >= 15 is 0 Å². The Kier molecular flexibility index (Phi) is 4.46. The molecule has 90 valence electrons. The number of aliphatic hydroxyl groups excluding tert-OH is 1. The second-order valence-corrected chi connectivity index (χ2v) is 8.35. The van der Waals surface area contributed by atoms with Crippen LogP contribution in [0, 0.1) is 0 Å². The molecule has 0 aromatic heterocycles. The first kappa shape index (κ1) is 13.3. The summed E-state index contributed by atoms with van der Waals surface area (Å²) in [5, 5.41) is 8.88. The van der Waals surface area contributed by atoms with E-state index in [0.717, 1.165) is 0 Å². The number of rotatable bonds is 3. The topological polar surface area (TPSA) is 57.6 Å². The Labute approximate surface area is 96.1 Å². The number of hydrogen-bond acceptors (Lipinski definition) is 4. The summed E-state index contributed by atoms with van der Waals surface area (Å²) in [4.78, 5) is 0. The lowest BCUT2D eigenvalue weighted by molar-refractivity contribution is 0.288. The number of thioether (sulfide) groups is 1. The van der Waals surface area contributed by atoms with Crippen molar-refractivity contribution in [3.05, 3.63) is 0 Å². The molecule has 1 fully saturated rings. The molecule has 0 radical (unpaired) electrons. The Balaban J connectivity index is 2.79. The number of sulfonamides is 1. The minimum Gasteiger partial charge on any atom is -0.395 e. The van der Waals surface area contributed by atoms with Gasteiger partial charge in [0.25, 0.3) is 0 Å². The molecule has 0 saturated carbocycles. The Hall–Kier alpha value is 0.220. The molecule has 6 heteroatoms. The average molecular weight is 253 g/mol. The van der Waals surface area contributed by atoms with Crippen LogP contribution in [0.4, 0.5) is 0 Å². The SMILES string of the molecule is CC1CN(S(=O)(=O)C(C)CO)CC(C)S1. The van der Waals surface area contributed by atoms with Gasteiger partial charge < -0.3 is 5.11 Å². The highest BCUT2D eigenvalue weighted by Crippen LogP contribution is 2.27. The lowest BCUT2D eigenvalue weighted by atomic mass is 10.4. The van der Waals surface area contributed by atoms with E-state index in [2.05, 4.69) is 0 Å². The van der Waals surface area contributed by atoms with Crippen LogP contribution < -0.4 is 0 Å². The third-order valence-corrected chi connectivity index (χ3v) is 5.92. The average Bonchev–Trinajstić information content (AvgIpc) is 2.15. The molecule has 0 aliphatic carbocycles. The summed E-state index contributed by atoms with van der Waals surface area (Å²) in [5.74, 6) is 0. The number of aliphatic hydroxyl groups is 1. The van der Waals surface area contributed by atoms with Gasteiger partial charge in [0, 0.05) is 23.6 Å². The maximum absolute atomic E-state index is 12.0. The zero-order chi connectivity index (χ0) is 11.6. The molecule has 15 heavy (non-hydrogen) atoms. The molecule has 0 bridgehead atoms.